The molecule has 4 aromatic rings. The molecule has 0 aliphatic heterocycles. The number of hydrogen-bond acceptors (Lipinski definition) is 1. The predicted octanol–water partition coefficient (Wildman–Crippen LogP) is 4.45. The van der Waals surface area contributed by atoms with E-state index in [1.165, 1.54) is 0 Å². The standard InChI is InChI=1S/C17H14OP.C5H5.Fe/c18-19(17-13-7-8-14-17,15-9-3-1-4-10-15)16-11-5-2-6-12-16;1-2-4-5-3-1;/h1-14H;1-5H;/q2*-1;+2. The van der Waals surface area contributed by atoms with Crippen LogP contribution in [0.1, 0.15) is 0 Å². The van der Waals surface area contributed by atoms with Crippen LogP contribution in [0.3, 0.4) is 0 Å². The van der Waals surface area contributed by atoms with Crippen LogP contribution in [-0.4, -0.2) is 0 Å². The topological polar surface area (TPSA) is 17.1 Å². The van der Waals surface area contributed by atoms with Crippen LogP contribution in [-0.2, 0) is 21.6 Å². The van der Waals surface area contributed by atoms with E-state index in [1.54, 1.807) is 0 Å². The Morgan fingerprint density at radius 1 is 0.640 bits per heavy atom. The number of benzene rings is 2. The molecule has 0 atom stereocenters. The smallest absolute Gasteiger partial charge is 0.322 e. The first kappa shape index (κ1) is 19.2. The van der Waals surface area contributed by atoms with Crippen molar-refractivity contribution in [1.29, 1.82) is 0 Å². The fourth-order valence-corrected chi connectivity index (χ4v) is 5.29. The summed E-state index contributed by atoms with van der Waals surface area (Å²) < 4.78 is 13.7. The van der Waals surface area contributed by atoms with Gasteiger partial charge in [-0.3, -0.25) is 0 Å². The van der Waals surface area contributed by atoms with E-state index in [0.717, 1.165) is 15.9 Å². The Morgan fingerprint density at radius 2 is 1.08 bits per heavy atom. The molecule has 0 saturated heterocycles. The van der Waals surface area contributed by atoms with Gasteiger partial charge in [-0.1, -0.05) is 66.0 Å². The minimum absolute atomic E-state index is 0. The molecular formula is C22H19FeOP. The molecule has 0 fully saturated rings. The zero-order valence-corrected chi connectivity index (χ0v) is 15.7. The molecule has 0 heterocycles. The van der Waals surface area contributed by atoms with Crippen molar-refractivity contribution in [2.45, 2.75) is 0 Å². The van der Waals surface area contributed by atoms with Crippen molar-refractivity contribution in [3.8, 4) is 0 Å². The van der Waals surface area contributed by atoms with Crippen LogP contribution in [0, 0.1) is 0 Å². The maximum Gasteiger partial charge on any atom is 2.00 e. The van der Waals surface area contributed by atoms with Gasteiger partial charge in [-0.25, -0.2) is 24.3 Å². The summed E-state index contributed by atoms with van der Waals surface area (Å²) in [5.74, 6) is 0. The molecule has 126 valence electrons. The first-order chi connectivity index (χ1) is 11.8. The van der Waals surface area contributed by atoms with E-state index in [9.17, 15) is 4.57 Å². The van der Waals surface area contributed by atoms with Crippen LogP contribution in [0.4, 0.5) is 0 Å². The Hall–Kier alpha value is -2.11. The summed E-state index contributed by atoms with van der Waals surface area (Å²) >= 11 is 0. The van der Waals surface area contributed by atoms with Gasteiger partial charge in [0.25, 0.3) is 0 Å². The molecule has 0 saturated carbocycles. The molecule has 0 aliphatic carbocycles. The maximum atomic E-state index is 13.7. The third kappa shape index (κ3) is 4.50. The van der Waals surface area contributed by atoms with Gasteiger partial charge in [-0.2, -0.15) is 30.3 Å². The van der Waals surface area contributed by atoms with Gasteiger partial charge in [0.15, 0.2) is 0 Å². The Kier molecular flexibility index (Phi) is 7.22. The third-order valence-electron chi connectivity index (χ3n) is 3.80. The fraction of sp³-hybridized carbons (Fsp3) is 0. The van der Waals surface area contributed by atoms with E-state index in [2.05, 4.69) is 0 Å². The van der Waals surface area contributed by atoms with Crippen molar-refractivity contribution in [3.05, 3.63) is 115 Å². The van der Waals surface area contributed by atoms with Gasteiger partial charge >= 0.3 is 17.1 Å². The van der Waals surface area contributed by atoms with E-state index in [4.69, 9.17) is 0 Å². The van der Waals surface area contributed by atoms with Crippen LogP contribution < -0.4 is 15.9 Å². The number of hydrogen-bond donors (Lipinski definition) is 0. The Balaban J connectivity index is 0.000000325. The Bertz CT molecular complexity index is 806. The molecule has 0 aliphatic rings. The SMILES string of the molecule is O=P(c1ccccc1)(c1ccccc1)[c-]1cccc1.[Fe+2].c1cc[cH-]c1. The Morgan fingerprint density at radius 3 is 1.44 bits per heavy atom. The fourth-order valence-electron chi connectivity index (χ4n) is 2.62. The molecule has 4 aromatic carbocycles. The normalized spacial score (nSPS) is 10.2. The van der Waals surface area contributed by atoms with Crippen LogP contribution in [0.2, 0.25) is 0 Å². The van der Waals surface area contributed by atoms with E-state index >= 15 is 0 Å². The van der Waals surface area contributed by atoms with Crippen molar-refractivity contribution in [3.63, 3.8) is 0 Å². The average Bonchev–Trinajstić information content (AvgIpc) is 3.38. The van der Waals surface area contributed by atoms with Gasteiger partial charge in [0, 0.05) is 10.6 Å². The van der Waals surface area contributed by atoms with Gasteiger partial charge < -0.3 is 4.57 Å². The van der Waals surface area contributed by atoms with Gasteiger partial charge in [0.05, 0.1) is 0 Å². The van der Waals surface area contributed by atoms with Crippen LogP contribution in [0.15, 0.2) is 115 Å². The van der Waals surface area contributed by atoms with Crippen molar-refractivity contribution in [1.82, 2.24) is 0 Å². The molecule has 0 unspecified atom stereocenters. The predicted molar refractivity (Wildman–Crippen MR) is 103 cm³/mol. The molecule has 0 bridgehead atoms. The van der Waals surface area contributed by atoms with E-state index < -0.39 is 7.14 Å². The van der Waals surface area contributed by atoms with Crippen LogP contribution >= 0.6 is 7.14 Å². The molecular weight excluding hydrogens is 367 g/mol. The minimum Gasteiger partial charge on any atom is -0.322 e. The summed E-state index contributed by atoms with van der Waals surface area (Å²) in [6.45, 7) is 0. The minimum atomic E-state index is -2.73. The Labute approximate surface area is 159 Å². The summed E-state index contributed by atoms with van der Waals surface area (Å²) in [6.07, 6.45) is 0. The molecule has 1 nitrogen and oxygen atoms in total. The molecule has 0 amide bonds. The van der Waals surface area contributed by atoms with Gasteiger partial charge in [0.2, 0.25) is 0 Å². The molecule has 3 heteroatoms. The van der Waals surface area contributed by atoms with Gasteiger partial charge in [-0.05, 0) is 0 Å². The van der Waals surface area contributed by atoms with Crippen molar-refractivity contribution in [2.75, 3.05) is 0 Å². The summed E-state index contributed by atoms with van der Waals surface area (Å²) in [6, 6.07) is 37.2. The van der Waals surface area contributed by atoms with Gasteiger partial charge in [-0.15, -0.1) is 0 Å². The molecule has 4 rings (SSSR count). The average molecular weight is 386 g/mol. The number of rotatable bonds is 3. The molecule has 0 spiro atoms. The molecule has 0 N–H and O–H groups in total. The van der Waals surface area contributed by atoms with Crippen LogP contribution in [0.25, 0.3) is 0 Å². The van der Waals surface area contributed by atoms with Crippen molar-refractivity contribution >= 4 is 23.1 Å². The molecule has 25 heavy (non-hydrogen) atoms. The largest absolute Gasteiger partial charge is 2.00 e. The summed E-state index contributed by atoms with van der Waals surface area (Å²) in [7, 11) is -2.73. The first-order valence-corrected chi connectivity index (χ1v) is 9.63. The van der Waals surface area contributed by atoms with E-state index in [1.807, 2.05) is 115 Å². The summed E-state index contributed by atoms with van der Waals surface area (Å²) in [4.78, 5) is 0. The quantitative estimate of drug-likeness (QED) is 0.289. The third-order valence-corrected chi connectivity index (χ3v) is 6.88. The summed E-state index contributed by atoms with van der Waals surface area (Å²) in [5.41, 5.74) is 0. The van der Waals surface area contributed by atoms with Crippen molar-refractivity contribution < 1.29 is 21.6 Å². The zero-order chi connectivity index (χ0) is 16.7. The second-order valence-corrected chi connectivity index (χ2v) is 8.15. The van der Waals surface area contributed by atoms with Gasteiger partial charge in [0.1, 0.15) is 7.14 Å². The molecule has 0 radical (unpaired) electrons. The van der Waals surface area contributed by atoms with E-state index in [0.29, 0.717) is 0 Å². The van der Waals surface area contributed by atoms with Crippen molar-refractivity contribution in [2.24, 2.45) is 0 Å². The van der Waals surface area contributed by atoms with Crippen LogP contribution in [0.5, 0.6) is 0 Å². The second kappa shape index (κ2) is 9.39. The second-order valence-electron chi connectivity index (χ2n) is 5.39. The molecule has 0 aromatic heterocycles. The zero-order valence-electron chi connectivity index (χ0n) is 13.7. The first-order valence-electron chi connectivity index (χ1n) is 7.92. The monoisotopic (exact) mass is 386 g/mol. The summed E-state index contributed by atoms with van der Waals surface area (Å²) in [5, 5.41) is 2.66. The maximum absolute atomic E-state index is 13.7. The van der Waals surface area contributed by atoms with E-state index in [-0.39, 0.29) is 17.1 Å².